The van der Waals surface area contributed by atoms with Crippen LogP contribution >= 0.6 is 0 Å². The van der Waals surface area contributed by atoms with Gasteiger partial charge < -0.3 is 10.2 Å². The molecule has 2 N–H and O–H groups in total. The zero-order valence-corrected chi connectivity index (χ0v) is 12.0. The predicted molar refractivity (Wildman–Crippen MR) is 75.3 cm³/mol. The van der Waals surface area contributed by atoms with E-state index in [4.69, 9.17) is 10.2 Å². The van der Waals surface area contributed by atoms with Crippen LogP contribution < -0.4 is 5.73 Å². The van der Waals surface area contributed by atoms with Gasteiger partial charge in [0, 0.05) is 12.8 Å². The summed E-state index contributed by atoms with van der Waals surface area (Å²) in [7, 11) is 0. The van der Waals surface area contributed by atoms with Crippen molar-refractivity contribution < 1.29 is 17.6 Å². The Kier molecular flexibility index (Phi) is 3.95. The summed E-state index contributed by atoms with van der Waals surface area (Å²) in [5.74, 6) is 1.87. The smallest absolute Gasteiger partial charge is 0.416 e. The summed E-state index contributed by atoms with van der Waals surface area (Å²) in [4.78, 5) is 4.46. The number of nitrogens with zero attached hydrogens (tertiary/aromatic N) is 1. The maximum Gasteiger partial charge on any atom is 0.416 e. The van der Waals surface area contributed by atoms with Crippen LogP contribution in [0.25, 0.3) is 0 Å². The molecule has 1 unspecified atom stereocenters. The van der Waals surface area contributed by atoms with Gasteiger partial charge in [-0.1, -0.05) is 12.1 Å². The first-order valence-corrected chi connectivity index (χ1v) is 7.29. The van der Waals surface area contributed by atoms with Gasteiger partial charge in [0.1, 0.15) is 5.76 Å². The number of alkyl halides is 3. The molecule has 1 atom stereocenters. The summed E-state index contributed by atoms with van der Waals surface area (Å²) >= 11 is 0. The molecule has 0 saturated carbocycles. The molecule has 1 aromatic carbocycles. The number of halogens is 3. The van der Waals surface area contributed by atoms with E-state index in [-0.39, 0.29) is 0 Å². The molecule has 118 valence electrons. The number of oxazole rings is 1. The quantitative estimate of drug-likeness (QED) is 0.946. The Labute approximate surface area is 126 Å². The SMILES string of the molecule is NCC1CCc2nc(Cc3ccc(C(F)(F)F)cc3)oc2C1. The Morgan fingerprint density at radius 3 is 2.59 bits per heavy atom. The maximum atomic E-state index is 12.5. The predicted octanol–water partition coefficient (Wildman–Crippen LogP) is 3.35. The molecule has 0 radical (unpaired) electrons. The van der Waals surface area contributed by atoms with Gasteiger partial charge in [-0.15, -0.1) is 0 Å². The molecule has 1 aliphatic rings. The topological polar surface area (TPSA) is 52.0 Å². The number of hydrogen-bond donors (Lipinski definition) is 1. The Balaban J connectivity index is 1.73. The van der Waals surface area contributed by atoms with Gasteiger partial charge in [-0.25, -0.2) is 4.98 Å². The van der Waals surface area contributed by atoms with Gasteiger partial charge in [-0.05, 0) is 43.0 Å². The Hall–Kier alpha value is -1.82. The first-order valence-electron chi connectivity index (χ1n) is 7.29. The van der Waals surface area contributed by atoms with Crippen LogP contribution in [-0.2, 0) is 25.4 Å². The zero-order valence-electron chi connectivity index (χ0n) is 12.0. The summed E-state index contributed by atoms with van der Waals surface area (Å²) in [5, 5.41) is 0. The third-order valence-corrected chi connectivity index (χ3v) is 4.06. The van der Waals surface area contributed by atoms with E-state index < -0.39 is 11.7 Å². The molecule has 22 heavy (non-hydrogen) atoms. The summed E-state index contributed by atoms with van der Waals surface area (Å²) in [6.07, 6.45) is -1.24. The number of aromatic nitrogens is 1. The zero-order chi connectivity index (χ0) is 15.7. The van der Waals surface area contributed by atoms with Crippen molar-refractivity contribution >= 4 is 0 Å². The van der Waals surface area contributed by atoms with Crippen molar-refractivity contribution in [1.29, 1.82) is 0 Å². The molecule has 6 heteroatoms. The highest BCUT2D eigenvalue weighted by atomic mass is 19.4. The Morgan fingerprint density at radius 1 is 1.23 bits per heavy atom. The van der Waals surface area contributed by atoms with Crippen LogP contribution in [0.15, 0.2) is 28.7 Å². The lowest BCUT2D eigenvalue weighted by molar-refractivity contribution is -0.137. The van der Waals surface area contributed by atoms with Crippen molar-refractivity contribution in [3.63, 3.8) is 0 Å². The molecule has 3 rings (SSSR count). The van der Waals surface area contributed by atoms with E-state index in [1.54, 1.807) is 0 Å². The molecule has 0 aliphatic heterocycles. The molecule has 1 aromatic heterocycles. The molecule has 1 heterocycles. The largest absolute Gasteiger partial charge is 0.445 e. The minimum Gasteiger partial charge on any atom is -0.445 e. The first-order chi connectivity index (χ1) is 10.5. The van der Waals surface area contributed by atoms with Crippen molar-refractivity contribution in [1.82, 2.24) is 4.98 Å². The van der Waals surface area contributed by atoms with Crippen LogP contribution in [0.2, 0.25) is 0 Å². The van der Waals surface area contributed by atoms with Gasteiger partial charge in [-0.3, -0.25) is 0 Å². The van der Waals surface area contributed by atoms with Gasteiger partial charge in [-0.2, -0.15) is 13.2 Å². The molecule has 3 nitrogen and oxygen atoms in total. The van der Waals surface area contributed by atoms with Crippen LogP contribution in [0, 0.1) is 5.92 Å². The van der Waals surface area contributed by atoms with Gasteiger partial charge in [0.2, 0.25) is 0 Å². The van der Waals surface area contributed by atoms with Gasteiger partial charge in [0.25, 0.3) is 0 Å². The molecule has 0 saturated heterocycles. The number of fused-ring (bicyclic) bond motifs is 1. The van der Waals surface area contributed by atoms with E-state index >= 15 is 0 Å². The molecular weight excluding hydrogens is 293 g/mol. The van der Waals surface area contributed by atoms with Gasteiger partial charge in [0.15, 0.2) is 5.89 Å². The lowest BCUT2D eigenvalue weighted by Gasteiger charge is -2.17. The van der Waals surface area contributed by atoms with Gasteiger partial charge in [0.05, 0.1) is 11.3 Å². The highest BCUT2D eigenvalue weighted by Gasteiger charge is 2.30. The summed E-state index contributed by atoms with van der Waals surface area (Å²) in [6.45, 7) is 0.633. The van der Waals surface area contributed by atoms with E-state index in [0.29, 0.717) is 24.8 Å². The highest BCUT2D eigenvalue weighted by molar-refractivity contribution is 5.27. The van der Waals surface area contributed by atoms with Crippen LogP contribution in [-0.4, -0.2) is 11.5 Å². The van der Waals surface area contributed by atoms with Crippen molar-refractivity contribution in [2.45, 2.75) is 31.9 Å². The third kappa shape index (κ3) is 3.16. The number of nitrogens with two attached hydrogens (primary N) is 1. The lowest BCUT2D eigenvalue weighted by Crippen LogP contribution is -2.21. The van der Waals surface area contributed by atoms with Crippen LogP contribution in [0.3, 0.4) is 0 Å². The lowest BCUT2D eigenvalue weighted by atomic mass is 9.91. The monoisotopic (exact) mass is 310 g/mol. The standard InChI is InChI=1S/C16H17F3N2O/c17-16(18,19)12-4-1-10(2-5-12)8-15-21-13-6-3-11(9-20)7-14(13)22-15/h1-2,4-5,11H,3,6-9,20H2. The van der Waals surface area contributed by atoms with E-state index in [9.17, 15) is 13.2 Å². The summed E-state index contributed by atoms with van der Waals surface area (Å²) in [5.41, 5.74) is 6.76. The highest BCUT2D eigenvalue weighted by Crippen LogP contribution is 2.30. The van der Waals surface area contributed by atoms with Crippen molar-refractivity contribution in [3.05, 3.63) is 52.7 Å². The Bertz CT molecular complexity index is 646. The number of benzene rings is 1. The molecule has 0 amide bonds. The number of aryl methyl sites for hydroxylation is 1. The van der Waals surface area contributed by atoms with E-state index in [1.165, 1.54) is 12.1 Å². The minimum atomic E-state index is -4.31. The minimum absolute atomic E-state index is 0.401. The Morgan fingerprint density at radius 2 is 1.95 bits per heavy atom. The normalized spacial score (nSPS) is 18.3. The maximum absolute atomic E-state index is 12.5. The average molecular weight is 310 g/mol. The van der Waals surface area contributed by atoms with E-state index in [0.717, 1.165) is 48.4 Å². The second-order valence-electron chi connectivity index (χ2n) is 5.69. The number of rotatable bonds is 3. The molecule has 0 bridgehead atoms. The molecule has 1 aliphatic carbocycles. The molecule has 2 aromatic rings. The van der Waals surface area contributed by atoms with E-state index in [2.05, 4.69) is 4.98 Å². The molecule has 0 fully saturated rings. The van der Waals surface area contributed by atoms with Crippen molar-refractivity contribution in [2.75, 3.05) is 6.54 Å². The average Bonchev–Trinajstić information content (AvgIpc) is 2.88. The summed E-state index contributed by atoms with van der Waals surface area (Å²) in [6, 6.07) is 5.11. The fourth-order valence-corrected chi connectivity index (χ4v) is 2.76. The van der Waals surface area contributed by atoms with E-state index in [1.807, 2.05) is 0 Å². The first kappa shape index (κ1) is 15.1. The second kappa shape index (κ2) is 5.76. The fraction of sp³-hybridized carbons (Fsp3) is 0.438. The number of hydrogen-bond acceptors (Lipinski definition) is 3. The summed E-state index contributed by atoms with van der Waals surface area (Å²) < 4.78 is 43.3. The van der Waals surface area contributed by atoms with Crippen molar-refractivity contribution in [2.24, 2.45) is 11.7 Å². The second-order valence-corrected chi connectivity index (χ2v) is 5.69. The van der Waals surface area contributed by atoms with Crippen LogP contribution in [0.5, 0.6) is 0 Å². The molecular formula is C16H17F3N2O. The van der Waals surface area contributed by atoms with Crippen LogP contribution in [0.4, 0.5) is 13.2 Å². The molecule has 0 spiro atoms. The third-order valence-electron chi connectivity index (χ3n) is 4.06. The van der Waals surface area contributed by atoms with Gasteiger partial charge >= 0.3 is 6.18 Å². The fourth-order valence-electron chi connectivity index (χ4n) is 2.76. The van der Waals surface area contributed by atoms with Crippen molar-refractivity contribution in [3.8, 4) is 0 Å². The van der Waals surface area contributed by atoms with Crippen LogP contribution in [0.1, 0.15) is 34.9 Å².